The van der Waals surface area contributed by atoms with Crippen LogP contribution in [0.1, 0.15) is 0 Å². The van der Waals surface area contributed by atoms with Gasteiger partial charge in [0.15, 0.2) is 17.5 Å². The van der Waals surface area contributed by atoms with Crippen LogP contribution in [-0.4, -0.2) is 17.5 Å². The summed E-state index contributed by atoms with van der Waals surface area (Å²) < 4.78 is 11.1. The monoisotopic (exact) mass is 354 g/mol. The third-order valence-electron chi connectivity index (χ3n) is 3.18. The molecule has 0 atom stereocenters. The molecule has 3 aromatic rings. The molecule has 2 aromatic carbocycles. The minimum atomic E-state index is -0.309. The lowest BCUT2D eigenvalue weighted by Gasteiger charge is -2.10. The number of aromatic nitrogens is 1. The average Bonchev–Trinajstić information content (AvgIpc) is 2.62. The Morgan fingerprint density at radius 3 is 2.60 bits per heavy atom. The largest absolute Gasteiger partial charge is 0.481 e. The molecule has 126 valence electrons. The first-order valence-electron chi connectivity index (χ1n) is 7.57. The number of carbonyl (C=O) groups is 1. The van der Waals surface area contributed by atoms with Gasteiger partial charge < -0.3 is 14.8 Å². The number of para-hydroxylation sites is 1. The lowest BCUT2D eigenvalue weighted by molar-refractivity contribution is -0.118. The number of rotatable bonds is 6. The van der Waals surface area contributed by atoms with Gasteiger partial charge in [0.2, 0.25) is 0 Å². The van der Waals surface area contributed by atoms with Crippen LogP contribution >= 0.6 is 11.6 Å². The average molecular weight is 355 g/mol. The standard InChI is InChI=1S/C19H15ClN2O3/c20-19-17(10-5-11-21-19)24-13-18(23)22-14-6-4-9-16(12-14)25-15-7-2-1-3-8-15/h1-12H,13H2,(H,22,23). The Hall–Kier alpha value is -3.05. The van der Waals surface area contributed by atoms with Crippen molar-refractivity contribution in [2.75, 3.05) is 11.9 Å². The first-order valence-corrected chi connectivity index (χ1v) is 7.94. The van der Waals surface area contributed by atoms with E-state index in [1.54, 1.807) is 36.5 Å². The summed E-state index contributed by atoms with van der Waals surface area (Å²) >= 11 is 5.88. The van der Waals surface area contributed by atoms with Gasteiger partial charge in [-0.15, -0.1) is 0 Å². The zero-order valence-corrected chi connectivity index (χ0v) is 13.9. The fraction of sp³-hybridized carbons (Fsp3) is 0.0526. The molecule has 0 unspecified atom stereocenters. The number of pyridine rings is 1. The number of hydrogen-bond donors (Lipinski definition) is 1. The van der Waals surface area contributed by atoms with E-state index in [0.29, 0.717) is 17.2 Å². The van der Waals surface area contributed by atoms with E-state index in [1.807, 2.05) is 36.4 Å². The van der Waals surface area contributed by atoms with E-state index in [0.717, 1.165) is 5.75 Å². The Bertz CT molecular complexity index is 856. The molecule has 0 saturated heterocycles. The van der Waals surface area contributed by atoms with Crippen molar-refractivity contribution in [2.45, 2.75) is 0 Å². The highest BCUT2D eigenvalue weighted by Gasteiger charge is 2.07. The molecule has 0 aliphatic rings. The Morgan fingerprint density at radius 2 is 1.80 bits per heavy atom. The number of nitrogens with zero attached hydrogens (tertiary/aromatic N) is 1. The van der Waals surface area contributed by atoms with Gasteiger partial charge in [-0.3, -0.25) is 4.79 Å². The van der Waals surface area contributed by atoms with Crippen LogP contribution in [0.3, 0.4) is 0 Å². The SMILES string of the molecule is O=C(COc1cccnc1Cl)Nc1cccc(Oc2ccccc2)c1. The third kappa shape index (κ3) is 4.96. The fourth-order valence-electron chi connectivity index (χ4n) is 2.08. The quantitative estimate of drug-likeness (QED) is 0.660. The normalized spacial score (nSPS) is 10.1. The molecule has 3 rings (SSSR count). The van der Waals surface area contributed by atoms with Gasteiger partial charge in [-0.2, -0.15) is 0 Å². The van der Waals surface area contributed by atoms with E-state index in [2.05, 4.69) is 10.3 Å². The molecule has 1 N–H and O–H groups in total. The highest BCUT2D eigenvalue weighted by Crippen LogP contribution is 2.24. The molecule has 1 heterocycles. The molecule has 25 heavy (non-hydrogen) atoms. The van der Waals surface area contributed by atoms with Crippen molar-refractivity contribution in [2.24, 2.45) is 0 Å². The molecule has 0 aliphatic heterocycles. The van der Waals surface area contributed by atoms with Gasteiger partial charge in [-0.05, 0) is 36.4 Å². The van der Waals surface area contributed by atoms with Crippen LogP contribution in [0.25, 0.3) is 0 Å². The number of ether oxygens (including phenoxy) is 2. The predicted octanol–water partition coefficient (Wildman–Crippen LogP) is 4.54. The highest BCUT2D eigenvalue weighted by molar-refractivity contribution is 6.30. The van der Waals surface area contributed by atoms with E-state index in [9.17, 15) is 4.79 Å². The number of halogens is 1. The van der Waals surface area contributed by atoms with Crippen molar-refractivity contribution in [1.29, 1.82) is 0 Å². The van der Waals surface area contributed by atoms with Crippen molar-refractivity contribution in [3.05, 3.63) is 78.1 Å². The molecule has 1 aromatic heterocycles. The molecule has 0 saturated carbocycles. The van der Waals surface area contributed by atoms with Crippen LogP contribution in [0.2, 0.25) is 5.15 Å². The zero-order chi connectivity index (χ0) is 17.5. The van der Waals surface area contributed by atoms with Gasteiger partial charge >= 0.3 is 0 Å². The van der Waals surface area contributed by atoms with E-state index >= 15 is 0 Å². The van der Waals surface area contributed by atoms with Crippen molar-refractivity contribution in [3.8, 4) is 17.2 Å². The summed E-state index contributed by atoms with van der Waals surface area (Å²) in [4.78, 5) is 15.9. The second kappa shape index (κ2) is 8.17. The molecule has 0 fully saturated rings. The molecule has 0 radical (unpaired) electrons. The summed E-state index contributed by atoms with van der Waals surface area (Å²) in [5.41, 5.74) is 0.610. The number of anilines is 1. The summed E-state index contributed by atoms with van der Waals surface area (Å²) in [5, 5.41) is 2.97. The van der Waals surface area contributed by atoms with Crippen molar-refractivity contribution >= 4 is 23.2 Å². The Kier molecular flexibility index (Phi) is 5.49. The number of benzene rings is 2. The fourth-order valence-corrected chi connectivity index (χ4v) is 2.26. The summed E-state index contributed by atoms with van der Waals surface area (Å²) in [7, 11) is 0. The summed E-state index contributed by atoms with van der Waals surface area (Å²) in [6.45, 7) is -0.171. The second-order valence-electron chi connectivity index (χ2n) is 5.07. The van der Waals surface area contributed by atoms with E-state index < -0.39 is 0 Å². The predicted molar refractivity (Wildman–Crippen MR) is 96.3 cm³/mol. The van der Waals surface area contributed by atoms with Crippen molar-refractivity contribution in [3.63, 3.8) is 0 Å². The van der Waals surface area contributed by atoms with Gasteiger partial charge in [-0.25, -0.2) is 4.98 Å². The highest BCUT2D eigenvalue weighted by atomic mass is 35.5. The van der Waals surface area contributed by atoms with Crippen LogP contribution < -0.4 is 14.8 Å². The molecule has 1 amide bonds. The van der Waals surface area contributed by atoms with Gasteiger partial charge in [0.25, 0.3) is 5.91 Å². The first-order chi connectivity index (χ1) is 12.2. The van der Waals surface area contributed by atoms with Gasteiger partial charge in [0.1, 0.15) is 11.5 Å². The first kappa shape index (κ1) is 16.8. The Balaban J connectivity index is 1.58. The summed E-state index contributed by atoms with van der Waals surface area (Å²) in [6, 6.07) is 19.9. The lowest BCUT2D eigenvalue weighted by atomic mass is 10.3. The van der Waals surface area contributed by atoms with Crippen LogP contribution in [0.4, 0.5) is 5.69 Å². The smallest absolute Gasteiger partial charge is 0.262 e. The summed E-state index contributed by atoms with van der Waals surface area (Å²) in [5.74, 6) is 1.40. The molecular weight excluding hydrogens is 340 g/mol. The molecule has 0 aliphatic carbocycles. The van der Waals surface area contributed by atoms with Gasteiger partial charge in [0.05, 0.1) is 0 Å². The van der Waals surface area contributed by atoms with E-state index in [4.69, 9.17) is 21.1 Å². The number of amides is 1. The van der Waals surface area contributed by atoms with Gasteiger partial charge in [-0.1, -0.05) is 35.9 Å². The molecule has 0 bridgehead atoms. The maximum atomic E-state index is 12.0. The van der Waals surface area contributed by atoms with Crippen LogP contribution in [-0.2, 0) is 4.79 Å². The Labute approximate surface area is 150 Å². The zero-order valence-electron chi connectivity index (χ0n) is 13.2. The van der Waals surface area contributed by atoms with Gasteiger partial charge in [0, 0.05) is 18.0 Å². The number of nitrogens with one attached hydrogen (secondary N) is 1. The minimum Gasteiger partial charge on any atom is -0.481 e. The minimum absolute atomic E-state index is 0.171. The third-order valence-corrected chi connectivity index (χ3v) is 3.46. The van der Waals surface area contributed by atoms with Crippen molar-refractivity contribution < 1.29 is 14.3 Å². The maximum absolute atomic E-state index is 12.0. The van der Waals surface area contributed by atoms with Crippen LogP contribution in [0.5, 0.6) is 17.2 Å². The number of carbonyl (C=O) groups excluding carboxylic acids is 1. The Morgan fingerprint density at radius 1 is 1.00 bits per heavy atom. The van der Waals surface area contributed by atoms with Crippen molar-refractivity contribution in [1.82, 2.24) is 4.98 Å². The lowest BCUT2D eigenvalue weighted by Crippen LogP contribution is -2.20. The molecular formula is C19H15ClN2O3. The second-order valence-corrected chi connectivity index (χ2v) is 5.43. The van der Waals surface area contributed by atoms with Crippen LogP contribution in [0.15, 0.2) is 72.9 Å². The molecule has 6 heteroatoms. The summed E-state index contributed by atoms with van der Waals surface area (Å²) in [6.07, 6.45) is 1.55. The molecule has 0 spiro atoms. The maximum Gasteiger partial charge on any atom is 0.262 e. The molecule has 5 nitrogen and oxygen atoms in total. The topological polar surface area (TPSA) is 60.5 Å². The van der Waals surface area contributed by atoms with E-state index in [-0.39, 0.29) is 17.7 Å². The number of hydrogen-bond acceptors (Lipinski definition) is 4. The van der Waals surface area contributed by atoms with Crippen LogP contribution in [0, 0.1) is 0 Å². The van der Waals surface area contributed by atoms with E-state index in [1.165, 1.54) is 0 Å².